The van der Waals surface area contributed by atoms with Crippen LogP contribution in [0.3, 0.4) is 0 Å². The molecule has 0 aliphatic rings. The fourth-order valence-electron chi connectivity index (χ4n) is 1.07. The first-order valence-corrected chi connectivity index (χ1v) is 4.26. The number of halogens is 2. The molecule has 1 rings (SSSR count). The third kappa shape index (κ3) is 2.67. The van der Waals surface area contributed by atoms with Crippen molar-refractivity contribution in [2.45, 2.75) is 13.0 Å². The van der Waals surface area contributed by atoms with E-state index in [1.54, 1.807) is 6.07 Å². The maximum Gasteiger partial charge on any atom is 0.160 e. The van der Waals surface area contributed by atoms with E-state index in [-0.39, 0.29) is 24.2 Å². The minimum atomic E-state index is -0.179. The zero-order valence-corrected chi connectivity index (χ0v) is 9.52. The first kappa shape index (κ1) is 13.4. The smallest absolute Gasteiger partial charge is 0.160 e. The van der Waals surface area contributed by atoms with Crippen LogP contribution in [0.1, 0.15) is 18.5 Å². The molecule has 0 unspecified atom stereocenters. The van der Waals surface area contributed by atoms with Crippen LogP contribution in [0.2, 0.25) is 5.02 Å². The van der Waals surface area contributed by atoms with E-state index < -0.39 is 0 Å². The van der Waals surface area contributed by atoms with Gasteiger partial charge in [-0.3, -0.25) is 0 Å². The van der Waals surface area contributed by atoms with E-state index in [2.05, 4.69) is 0 Å². The second kappa shape index (κ2) is 5.29. The summed E-state index contributed by atoms with van der Waals surface area (Å²) in [7, 11) is 1.48. The Bertz CT molecular complexity index is 316. The number of benzene rings is 1. The Morgan fingerprint density at radius 1 is 1.50 bits per heavy atom. The molecule has 0 amide bonds. The molecule has 80 valence electrons. The SMILES string of the molecule is COc1cc([C@@H](C)N)c(Cl)cc1O.Cl. The highest BCUT2D eigenvalue weighted by atomic mass is 35.5. The summed E-state index contributed by atoms with van der Waals surface area (Å²) in [5.74, 6) is 0.411. The highest BCUT2D eigenvalue weighted by Crippen LogP contribution is 2.34. The van der Waals surface area contributed by atoms with Gasteiger partial charge < -0.3 is 15.6 Å². The number of methoxy groups -OCH3 is 1. The molecule has 3 N–H and O–H groups in total. The summed E-state index contributed by atoms with van der Waals surface area (Å²) in [5, 5.41) is 9.80. The molecule has 0 spiro atoms. The van der Waals surface area contributed by atoms with Crippen LogP contribution in [-0.2, 0) is 0 Å². The Balaban J connectivity index is 0.00000169. The molecule has 0 heterocycles. The van der Waals surface area contributed by atoms with E-state index in [0.717, 1.165) is 5.56 Å². The van der Waals surface area contributed by atoms with Crippen molar-refractivity contribution in [2.75, 3.05) is 7.11 Å². The van der Waals surface area contributed by atoms with Gasteiger partial charge in [-0.25, -0.2) is 0 Å². The molecule has 0 aliphatic carbocycles. The molecule has 5 heteroatoms. The average Bonchev–Trinajstić information content (AvgIpc) is 2.03. The normalized spacial score (nSPS) is 11.7. The van der Waals surface area contributed by atoms with Crippen molar-refractivity contribution in [2.24, 2.45) is 5.73 Å². The number of aromatic hydroxyl groups is 1. The number of phenols is 1. The molecule has 0 bridgehead atoms. The van der Waals surface area contributed by atoms with Gasteiger partial charge in [0, 0.05) is 17.1 Å². The summed E-state index contributed by atoms with van der Waals surface area (Å²) < 4.78 is 4.93. The van der Waals surface area contributed by atoms with Crippen LogP contribution in [0.15, 0.2) is 12.1 Å². The molecule has 0 aromatic heterocycles. The zero-order chi connectivity index (χ0) is 10.0. The Morgan fingerprint density at radius 2 is 2.07 bits per heavy atom. The molecule has 0 fully saturated rings. The van der Waals surface area contributed by atoms with Crippen LogP contribution >= 0.6 is 24.0 Å². The molecule has 1 aromatic carbocycles. The number of rotatable bonds is 2. The van der Waals surface area contributed by atoms with Gasteiger partial charge in [0.15, 0.2) is 11.5 Å². The lowest BCUT2D eigenvalue weighted by Crippen LogP contribution is -2.05. The van der Waals surface area contributed by atoms with Crippen molar-refractivity contribution in [1.29, 1.82) is 0 Å². The summed E-state index contributed by atoms with van der Waals surface area (Å²) in [6.07, 6.45) is 0. The van der Waals surface area contributed by atoms with Crippen molar-refractivity contribution in [3.05, 3.63) is 22.7 Å². The van der Waals surface area contributed by atoms with Gasteiger partial charge >= 0.3 is 0 Å². The van der Waals surface area contributed by atoms with Gasteiger partial charge in [-0.2, -0.15) is 0 Å². The number of ether oxygens (including phenoxy) is 1. The Hall–Kier alpha value is -0.640. The molecular weight excluding hydrogens is 225 g/mol. The summed E-state index contributed by atoms with van der Waals surface area (Å²) in [4.78, 5) is 0. The summed E-state index contributed by atoms with van der Waals surface area (Å²) in [5.41, 5.74) is 6.43. The maximum atomic E-state index is 9.35. The van der Waals surface area contributed by atoms with Gasteiger partial charge in [0.05, 0.1) is 7.11 Å². The minimum Gasteiger partial charge on any atom is -0.504 e. The second-order valence-electron chi connectivity index (χ2n) is 2.83. The van der Waals surface area contributed by atoms with Gasteiger partial charge in [-0.15, -0.1) is 12.4 Å². The van der Waals surface area contributed by atoms with Crippen molar-refractivity contribution >= 4 is 24.0 Å². The Labute approximate surface area is 94.2 Å². The monoisotopic (exact) mass is 237 g/mol. The van der Waals surface area contributed by atoms with Crippen LogP contribution < -0.4 is 10.5 Å². The number of phenolic OH excluding ortho intramolecular Hbond substituents is 1. The summed E-state index contributed by atoms with van der Waals surface area (Å²) in [6.45, 7) is 1.82. The molecular formula is C9H13Cl2NO2. The quantitative estimate of drug-likeness (QED) is 0.832. The predicted molar refractivity (Wildman–Crippen MR) is 59.5 cm³/mol. The molecule has 3 nitrogen and oxygen atoms in total. The minimum absolute atomic E-state index is 0. The lowest BCUT2D eigenvalue weighted by atomic mass is 10.1. The fourth-order valence-corrected chi connectivity index (χ4v) is 1.40. The largest absolute Gasteiger partial charge is 0.504 e. The van der Waals surface area contributed by atoms with Crippen molar-refractivity contribution in [1.82, 2.24) is 0 Å². The molecule has 0 saturated carbocycles. The zero-order valence-electron chi connectivity index (χ0n) is 7.95. The lowest BCUT2D eigenvalue weighted by Gasteiger charge is -2.11. The average molecular weight is 238 g/mol. The molecule has 1 aromatic rings. The predicted octanol–water partition coefficient (Wildman–Crippen LogP) is 2.50. The van der Waals surface area contributed by atoms with Crippen LogP contribution in [0.25, 0.3) is 0 Å². The van der Waals surface area contributed by atoms with Crippen LogP contribution in [-0.4, -0.2) is 12.2 Å². The van der Waals surface area contributed by atoms with E-state index in [1.165, 1.54) is 13.2 Å². The molecule has 0 aliphatic heterocycles. The molecule has 0 radical (unpaired) electrons. The standard InChI is InChI=1S/C9H12ClNO2.ClH/c1-5(11)6-3-9(13-2)8(12)4-7(6)10;/h3-5,12H,11H2,1-2H3;1H/t5-;/m1./s1. The fraction of sp³-hybridized carbons (Fsp3) is 0.333. The van der Waals surface area contributed by atoms with Crippen molar-refractivity contribution < 1.29 is 9.84 Å². The summed E-state index contributed by atoms with van der Waals surface area (Å²) in [6, 6.07) is 2.89. The number of hydrogen-bond donors (Lipinski definition) is 2. The molecule has 14 heavy (non-hydrogen) atoms. The van der Waals surface area contributed by atoms with E-state index in [4.69, 9.17) is 22.1 Å². The summed E-state index contributed by atoms with van der Waals surface area (Å²) >= 11 is 5.86. The first-order chi connectivity index (χ1) is 6.06. The van der Waals surface area contributed by atoms with Gasteiger partial charge in [0.1, 0.15) is 0 Å². The van der Waals surface area contributed by atoms with Crippen molar-refractivity contribution in [3.63, 3.8) is 0 Å². The first-order valence-electron chi connectivity index (χ1n) is 3.88. The number of nitrogens with two attached hydrogens (primary N) is 1. The third-order valence-electron chi connectivity index (χ3n) is 1.79. The molecule has 0 saturated heterocycles. The molecule has 1 atom stereocenters. The lowest BCUT2D eigenvalue weighted by molar-refractivity contribution is 0.372. The van der Waals surface area contributed by atoms with Crippen molar-refractivity contribution in [3.8, 4) is 11.5 Å². The van der Waals surface area contributed by atoms with Crippen LogP contribution in [0.5, 0.6) is 11.5 Å². The van der Waals surface area contributed by atoms with E-state index in [1.807, 2.05) is 6.92 Å². The van der Waals surface area contributed by atoms with Gasteiger partial charge in [-0.1, -0.05) is 11.6 Å². The third-order valence-corrected chi connectivity index (χ3v) is 2.12. The highest BCUT2D eigenvalue weighted by molar-refractivity contribution is 6.31. The van der Waals surface area contributed by atoms with Gasteiger partial charge in [0.25, 0.3) is 0 Å². The van der Waals surface area contributed by atoms with E-state index in [9.17, 15) is 5.11 Å². The highest BCUT2D eigenvalue weighted by Gasteiger charge is 2.10. The Kier molecular flexibility index (Phi) is 5.05. The second-order valence-corrected chi connectivity index (χ2v) is 3.24. The van der Waals surface area contributed by atoms with Crippen LogP contribution in [0.4, 0.5) is 0 Å². The Morgan fingerprint density at radius 3 is 2.50 bits per heavy atom. The number of hydrogen-bond acceptors (Lipinski definition) is 3. The van der Waals surface area contributed by atoms with Gasteiger partial charge in [-0.05, 0) is 18.6 Å². The van der Waals surface area contributed by atoms with Gasteiger partial charge in [0.2, 0.25) is 0 Å². The van der Waals surface area contributed by atoms with E-state index in [0.29, 0.717) is 10.8 Å². The van der Waals surface area contributed by atoms with E-state index >= 15 is 0 Å². The topological polar surface area (TPSA) is 55.5 Å². The van der Waals surface area contributed by atoms with Crippen LogP contribution in [0, 0.1) is 0 Å². The maximum absolute atomic E-state index is 9.35.